The number of nitrogens with one attached hydrogen (secondary N) is 2. The molecule has 0 bridgehead atoms. The predicted octanol–water partition coefficient (Wildman–Crippen LogP) is -0.540. The monoisotopic (exact) mass is 294 g/mol. The molecule has 7 heteroatoms. The molecule has 7 nitrogen and oxygen atoms in total. The van der Waals surface area contributed by atoms with Crippen LogP contribution in [-0.4, -0.2) is 73.6 Å². The van der Waals surface area contributed by atoms with Crippen molar-refractivity contribution < 1.29 is 4.74 Å². The number of rotatable bonds is 6. The predicted molar refractivity (Wildman–Crippen MR) is 83.5 cm³/mol. The molecular formula is C14H26N6O. The molecule has 1 fully saturated rings. The number of guanidine groups is 1. The van der Waals surface area contributed by atoms with Gasteiger partial charge in [-0.2, -0.15) is 5.10 Å². The quantitative estimate of drug-likeness (QED) is 0.545. The van der Waals surface area contributed by atoms with E-state index < -0.39 is 0 Å². The maximum atomic E-state index is 5.34. The lowest BCUT2D eigenvalue weighted by atomic mass is 10.2. The summed E-state index contributed by atoms with van der Waals surface area (Å²) in [4.78, 5) is 6.64. The van der Waals surface area contributed by atoms with Crippen LogP contribution < -0.4 is 10.6 Å². The second-order valence-electron chi connectivity index (χ2n) is 5.15. The highest BCUT2D eigenvalue weighted by atomic mass is 16.5. The van der Waals surface area contributed by atoms with E-state index in [4.69, 9.17) is 4.74 Å². The van der Waals surface area contributed by atoms with Crippen LogP contribution in [0.25, 0.3) is 0 Å². The van der Waals surface area contributed by atoms with Gasteiger partial charge in [0, 0.05) is 53.0 Å². The van der Waals surface area contributed by atoms with E-state index in [1.54, 1.807) is 7.05 Å². The van der Waals surface area contributed by atoms with Crippen LogP contribution in [0.1, 0.15) is 5.56 Å². The molecule has 0 radical (unpaired) electrons. The lowest BCUT2D eigenvalue weighted by Crippen LogP contribution is -2.44. The third-order valence-electron chi connectivity index (χ3n) is 3.51. The Labute approximate surface area is 126 Å². The molecule has 2 heterocycles. The first-order valence-corrected chi connectivity index (χ1v) is 7.50. The van der Waals surface area contributed by atoms with E-state index in [2.05, 4.69) is 25.6 Å². The van der Waals surface area contributed by atoms with Crippen molar-refractivity contribution in [3.8, 4) is 0 Å². The largest absolute Gasteiger partial charge is 0.379 e. The summed E-state index contributed by atoms with van der Waals surface area (Å²) >= 11 is 0. The summed E-state index contributed by atoms with van der Waals surface area (Å²) in [5.74, 6) is 0.854. The van der Waals surface area contributed by atoms with Gasteiger partial charge in [0.2, 0.25) is 0 Å². The van der Waals surface area contributed by atoms with E-state index in [1.165, 1.54) is 5.56 Å². The van der Waals surface area contributed by atoms with Crippen LogP contribution in [-0.2, 0) is 18.2 Å². The molecule has 0 saturated carbocycles. The number of aromatic nitrogens is 2. The summed E-state index contributed by atoms with van der Waals surface area (Å²) in [6, 6.07) is 0. The van der Waals surface area contributed by atoms with Gasteiger partial charge in [-0.3, -0.25) is 14.6 Å². The Bertz CT molecular complexity index is 438. The second kappa shape index (κ2) is 8.63. The van der Waals surface area contributed by atoms with Crippen LogP contribution in [0.5, 0.6) is 0 Å². The number of ether oxygens (including phenoxy) is 1. The molecule has 1 aliphatic rings. The third-order valence-corrected chi connectivity index (χ3v) is 3.51. The van der Waals surface area contributed by atoms with Gasteiger partial charge in [-0.15, -0.1) is 0 Å². The van der Waals surface area contributed by atoms with E-state index in [9.17, 15) is 0 Å². The SMILES string of the molecule is CN=C(NCCc1cnn(C)c1)NCCN1CCOCC1. The number of hydrogen-bond donors (Lipinski definition) is 2. The lowest BCUT2D eigenvalue weighted by Gasteiger charge is -2.26. The minimum absolute atomic E-state index is 0.845. The molecule has 118 valence electrons. The molecule has 1 saturated heterocycles. The molecule has 1 aromatic heterocycles. The lowest BCUT2D eigenvalue weighted by molar-refractivity contribution is 0.0389. The number of hydrogen-bond acceptors (Lipinski definition) is 4. The average Bonchev–Trinajstić information content (AvgIpc) is 2.92. The molecule has 1 aliphatic heterocycles. The van der Waals surface area contributed by atoms with Gasteiger partial charge in [0.1, 0.15) is 0 Å². The van der Waals surface area contributed by atoms with Crippen molar-refractivity contribution >= 4 is 5.96 Å². The highest BCUT2D eigenvalue weighted by Gasteiger charge is 2.09. The fraction of sp³-hybridized carbons (Fsp3) is 0.714. The summed E-state index contributed by atoms with van der Waals surface area (Å²) in [5.41, 5.74) is 1.23. The molecule has 0 aliphatic carbocycles. The molecule has 21 heavy (non-hydrogen) atoms. The van der Waals surface area contributed by atoms with Gasteiger partial charge in [0.25, 0.3) is 0 Å². The molecular weight excluding hydrogens is 268 g/mol. The normalized spacial score (nSPS) is 17.0. The van der Waals surface area contributed by atoms with Crippen molar-refractivity contribution in [3.05, 3.63) is 18.0 Å². The average molecular weight is 294 g/mol. The molecule has 2 rings (SSSR count). The highest BCUT2D eigenvalue weighted by molar-refractivity contribution is 5.79. The van der Waals surface area contributed by atoms with Crippen LogP contribution in [0.15, 0.2) is 17.4 Å². The van der Waals surface area contributed by atoms with Gasteiger partial charge in [-0.25, -0.2) is 0 Å². The zero-order chi connectivity index (χ0) is 14.9. The number of nitrogens with zero attached hydrogens (tertiary/aromatic N) is 4. The molecule has 0 aromatic carbocycles. The van der Waals surface area contributed by atoms with Gasteiger partial charge in [0.15, 0.2) is 5.96 Å². The number of aryl methyl sites for hydroxylation is 1. The minimum atomic E-state index is 0.845. The first kappa shape index (κ1) is 15.8. The van der Waals surface area contributed by atoms with Crippen molar-refractivity contribution in [2.75, 3.05) is 53.0 Å². The van der Waals surface area contributed by atoms with E-state index >= 15 is 0 Å². The zero-order valence-corrected chi connectivity index (χ0v) is 13.0. The van der Waals surface area contributed by atoms with Crippen molar-refractivity contribution in [1.29, 1.82) is 0 Å². The summed E-state index contributed by atoms with van der Waals surface area (Å²) in [7, 11) is 3.73. The standard InChI is InChI=1S/C14H26N6O/c1-15-14(16-4-3-13-11-18-19(2)12-13)17-5-6-20-7-9-21-10-8-20/h11-12H,3-10H2,1-2H3,(H2,15,16,17). The highest BCUT2D eigenvalue weighted by Crippen LogP contribution is 1.96. The van der Waals surface area contributed by atoms with Gasteiger partial charge in [0.05, 0.1) is 19.4 Å². The Morgan fingerprint density at radius 2 is 2.10 bits per heavy atom. The van der Waals surface area contributed by atoms with Gasteiger partial charge in [-0.05, 0) is 12.0 Å². The Balaban J connectivity index is 1.59. The molecule has 0 spiro atoms. The van der Waals surface area contributed by atoms with E-state index in [-0.39, 0.29) is 0 Å². The van der Waals surface area contributed by atoms with Crippen LogP contribution in [0.4, 0.5) is 0 Å². The molecule has 1 aromatic rings. The molecule has 0 atom stereocenters. The summed E-state index contributed by atoms with van der Waals surface area (Å²) < 4.78 is 7.16. The van der Waals surface area contributed by atoms with E-state index in [0.29, 0.717) is 0 Å². The zero-order valence-electron chi connectivity index (χ0n) is 13.0. The van der Waals surface area contributed by atoms with Crippen molar-refractivity contribution in [1.82, 2.24) is 25.3 Å². The van der Waals surface area contributed by atoms with Gasteiger partial charge in [-0.1, -0.05) is 0 Å². The van der Waals surface area contributed by atoms with Crippen LogP contribution in [0.2, 0.25) is 0 Å². The van der Waals surface area contributed by atoms with Crippen molar-refractivity contribution in [2.24, 2.45) is 12.0 Å². The number of morpholine rings is 1. The fourth-order valence-electron chi connectivity index (χ4n) is 2.30. The van der Waals surface area contributed by atoms with Crippen LogP contribution in [0.3, 0.4) is 0 Å². The maximum Gasteiger partial charge on any atom is 0.191 e. The Kier molecular flexibility index (Phi) is 6.49. The molecule has 0 amide bonds. The number of aliphatic imine (C=N–C) groups is 1. The Morgan fingerprint density at radius 3 is 2.76 bits per heavy atom. The van der Waals surface area contributed by atoms with E-state index in [1.807, 2.05) is 24.1 Å². The van der Waals surface area contributed by atoms with Gasteiger partial charge < -0.3 is 15.4 Å². The Hall–Kier alpha value is -1.60. The van der Waals surface area contributed by atoms with Crippen LogP contribution in [0, 0.1) is 0 Å². The Morgan fingerprint density at radius 1 is 1.33 bits per heavy atom. The van der Waals surface area contributed by atoms with Gasteiger partial charge >= 0.3 is 0 Å². The van der Waals surface area contributed by atoms with Crippen molar-refractivity contribution in [3.63, 3.8) is 0 Å². The third kappa shape index (κ3) is 5.73. The molecule has 0 unspecified atom stereocenters. The second-order valence-corrected chi connectivity index (χ2v) is 5.15. The van der Waals surface area contributed by atoms with E-state index in [0.717, 1.165) is 58.3 Å². The summed E-state index contributed by atoms with van der Waals surface area (Å²) in [5, 5.41) is 10.8. The topological polar surface area (TPSA) is 66.7 Å². The van der Waals surface area contributed by atoms with Crippen LogP contribution >= 0.6 is 0 Å². The first-order chi connectivity index (χ1) is 10.3. The fourth-order valence-corrected chi connectivity index (χ4v) is 2.30. The molecule has 2 N–H and O–H groups in total. The smallest absolute Gasteiger partial charge is 0.191 e. The minimum Gasteiger partial charge on any atom is -0.379 e. The summed E-state index contributed by atoms with van der Waals surface area (Å²) in [6.45, 7) is 6.50. The van der Waals surface area contributed by atoms with Crippen molar-refractivity contribution in [2.45, 2.75) is 6.42 Å². The first-order valence-electron chi connectivity index (χ1n) is 7.50. The summed E-state index contributed by atoms with van der Waals surface area (Å²) in [6.07, 6.45) is 4.88. The maximum absolute atomic E-state index is 5.34.